The normalized spacial score (nSPS) is 10.4. The molecule has 0 unspecified atom stereocenters. The van der Waals surface area contributed by atoms with E-state index in [9.17, 15) is 0 Å². The van der Waals surface area contributed by atoms with Crippen molar-refractivity contribution in [2.24, 2.45) is 0 Å². The van der Waals surface area contributed by atoms with Crippen molar-refractivity contribution < 1.29 is 4.74 Å². The molecule has 0 bridgehead atoms. The lowest BCUT2D eigenvalue weighted by molar-refractivity contribution is 0.414. The predicted molar refractivity (Wildman–Crippen MR) is 93.2 cm³/mol. The molecule has 0 spiro atoms. The predicted octanol–water partition coefficient (Wildman–Crippen LogP) is 2.77. The summed E-state index contributed by atoms with van der Waals surface area (Å²) in [5, 5.41) is 11.4. The number of rotatable bonds is 9. The second-order valence-electron chi connectivity index (χ2n) is 5.45. The lowest BCUT2D eigenvalue weighted by Crippen LogP contribution is -2.22. The number of anilines is 2. The van der Waals surface area contributed by atoms with Crippen molar-refractivity contribution in [1.29, 1.82) is 0 Å². The van der Waals surface area contributed by atoms with Gasteiger partial charge in [0.1, 0.15) is 5.75 Å². The number of methoxy groups -OCH3 is 1. The molecule has 2 rings (SSSR count). The molecule has 0 aliphatic carbocycles. The topological polar surface area (TPSA) is 63.2 Å². The van der Waals surface area contributed by atoms with E-state index < -0.39 is 0 Å². The van der Waals surface area contributed by atoms with Crippen LogP contribution < -0.4 is 15.0 Å². The van der Waals surface area contributed by atoms with Crippen LogP contribution >= 0.6 is 0 Å². The summed E-state index contributed by atoms with van der Waals surface area (Å²) in [5.41, 5.74) is 1.22. The zero-order valence-corrected chi connectivity index (χ0v) is 14.1. The highest BCUT2D eigenvalue weighted by molar-refractivity contribution is 5.38. The Balaban J connectivity index is 1.88. The van der Waals surface area contributed by atoms with Gasteiger partial charge in [0.2, 0.25) is 5.95 Å². The van der Waals surface area contributed by atoms with Gasteiger partial charge < -0.3 is 15.0 Å². The molecule has 23 heavy (non-hydrogen) atoms. The van der Waals surface area contributed by atoms with Gasteiger partial charge in [0.15, 0.2) is 5.82 Å². The largest absolute Gasteiger partial charge is 0.497 e. The van der Waals surface area contributed by atoms with Crippen LogP contribution in [0.25, 0.3) is 0 Å². The molecule has 0 atom stereocenters. The first kappa shape index (κ1) is 17.0. The molecule has 124 valence electrons. The maximum absolute atomic E-state index is 5.24. The molecule has 1 aromatic carbocycles. The Labute approximate surface area is 137 Å². The van der Waals surface area contributed by atoms with E-state index in [1.165, 1.54) is 5.56 Å². The van der Waals surface area contributed by atoms with Crippen LogP contribution in [0.4, 0.5) is 11.8 Å². The Hall–Kier alpha value is -2.37. The molecule has 0 radical (unpaired) electrons. The molecule has 0 saturated heterocycles. The fraction of sp³-hybridized carbons (Fsp3) is 0.471. The van der Waals surface area contributed by atoms with E-state index in [1.54, 1.807) is 13.3 Å². The maximum Gasteiger partial charge on any atom is 0.247 e. The highest BCUT2D eigenvalue weighted by Crippen LogP contribution is 2.13. The molecule has 6 heteroatoms. The van der Waals surface area contributed by atoms with E-state index in [2.05, 4.69) is 33.5 Å². The first-order valence-corrected chi connectivity index (χ1v) is 8.00. The van der Waals surface area contributed by atoms with Crippen molar-refractivity contribution >= 4 is 11.8 Å². The van der Waals surface area contributed by atoms with Crippen LogP contribution in [-0.4, -0.2) is 42.4 Å². The standard InChI is InChI=1S/C17H25N5O/c1-4-5-11-22(2)17-20-16(13-19-21-17)18-10-9-14-7-6-8-15(12-14)23-3/h6-8,12-13H,4-5,9-11H2,1-3H3,(H,18,20,21). The Bertz CT molecular complexity index is 605. The molecular formula is C17H25N5O. The zero-order valence-electron chi connectivity index (χ0n) is 14.1. The Morgan fingerprint density at radius 3 is 2.96 bits per heavy atom. The van der Waals surface area contributed by atoms with Crippen molar-refractivity contribution in [1.82, 2.24) is 15.2 Å². The fourth-order valence-corrected chi connectivity index (χ4v) is 2.20. The van der Waals surface area contributed by atoms with Crippen LogP contribution in [0.15, 0.2) is 30.5 Å². The van der Waals surface area contributed by atoms with Crippen molar-refractivity contribution in [2.45, 2.75) is 26.2 Å². The Kier molecular flexibility index (Phi) is 6.59. The Morgan fingerprint density at radius 2 is 2.17 bits per heavy atom. The number of aromatic nitrogens is 3. The maximum atomic E-state index is 5.24. The third kappa shape index (κ3) is 5.39. The van der Waals surface area contributed by atoms with Gasteiger partial charge in [-0.1, -0.05) is 25.5 Å². The molecule has 1 heterocycles. The van der Waals surface area contributed by atoms with Crippen molar-refractivity contribution in [3.05, 3.63) is 36.0 Å². The minimum absolute atomic E-state index is 0.657. The minimum atomic E-state index is 0.657. The summed E-state index contributed by atoms with van der Waals surface area (Å²) in [6.45, 7) is 3.89. The molecular weight excluding hydrogens is 290 g/mol. The molecule has 0 saturated carbocycles. The Morgan fingerprint density at radius 1 is 1.30 bits per heavy atom. The average Bonchev–Trinajstić information content (AvgIpc) is 2.60. The summed E-state index contributed by atoms with van der Waals surface area (Å²) in [7, 11) is 3.67. The van der Waals surface area contributed by atoms with Gasteiger partial charge in [0.05, 0.1) is 13.3 Å². The van der Waals surface area contributed by atoms with Crippen LogP contribution in [0.3, 0.4) is 0 Å². The van der Waals surface area contributed by atoms with Gasteiger partial charge in [-0.2, -0.15) is 10.1 Å². The lowest BCUT2D eigenvalue weighted by atomic mass is 10.1. The lowest BCUT2D eigenvalue weighted by Gasteiger charge is -2.16. The summed E-state index contributed by atoms with van der Waals surface area (Å²) < 4.78 is 5.24. The van der Waals surface area contributed by atoms with Gasteiger partial charge in [0, 0.05) is 20.1 Å². The number of hydrogen-bond acceptors (Lipinski definition) is 6. The van der Waals surface area contributed by atoms with E-state index in [4.69, 9.17) is 4.74 Å². The molecule has 6 nitrogen and oxygen atoms in total. The van der Waals surface area contributed by atoms with E-state index in [0.29, 0.717) is 5.95 Å². The van der Waals surface area contributed by atoms with Gasteiger partial charge in [-0.15, -0.1) is 5.10 Å². The molecule has 0 aliphatic heterocycles. The second kappa shape index (κ2) is 8.92. The van der Waals surface area contributed by atoms with E-state index >= 15 is 0 Å². The first-order chi connectivity index (χ1) is 11.2. The van der Waals surface area contributed by atoms with Gasteiger partial charge in [0.25, 0.3) is 0 Å². The first-order valence-electron chi connectivity index (χ1n) is 8.00. The molecule has 0 fully saturated rings. The van der Waals surface area contributed by atoms with E-state index in [1.807, 2.05) is 30.1 Å². The third-order valence-electron chi connectivity index (χ3n) is 3.59. The quantitative estimate of drug-likeness (QED) is 0.768. The van der Waals surface area contributed by atoms with Crippen molar-refractivity contribution in [2.75, 3.05) is 37.5 Å². The number of nitrogens with one attached hydrogen (secondary N) is 1. The zero-order chi connectivity index (χ0) is 16.5. The summed E-state index contributed by atoms with van der Waals surface area (Å²) in [6.07, 6.45) is 4.81. The SMILES string of the molecule is CCCCN(C)c1nncc(NCCc2cccc(OC)c2)n1. The van der Waals surface area contributed by atoms with Crippen LogP contribution in [-0.2, 0) is 6.42 Å². The fourth-order valence-electron chi connectivity index (χ4n) is 2.20. The van der Waals surface area contributed by atoms with Crippen LogP contribution in [0.2, 0.25) is 0 Å². The van der Waals surface area contributed by atoms with Crippen LogP contribution in [0, 0.1) is 0 Å². The number of benzene rings is 1. The third-order valence-corrected chi connectivity index (χ3v) is 3.59. The average molecular weight is 315 g/mol. The summed E-state index contributed by atoms with van der Waals surface area (Å²) in [4.78, 5) is 6.54. The molecule has 2 aromatic rings. The monoisotopic (exact) mass is 315 g/mol. The smallest absolute Gasteiger partial charge is 0.247 e. The highest BCUT2D eigenvalue weighted by atomic mass is 16.5. The number of hydrogen-bond donors (Lipinski definition) is 1. The number of ether oxygens (including phenoxy) is 1. The second-order valence-corrected chi connectivity index (χ2v) is 5.45. The van der Waals surface area contributed by atoms with Crippen LogP contribution in [0.1, 0.15) is 25.3 Å². The minimum Gasteiger partial charge on any atom is -0.497 e. The summed E-state index contributed by atoms with van der Waals surface area (Å²) >= 11 is 0. The number of nitrogens with zero attached hydrogens (tertiary/aromatic N) is 4. The van der Waals surface area contributed by atoms with Gasteiger partial charge in [-0.25, -0.2) is 0 Å². The highest BCUT2D eigenvalue weighted by Gasteiger charge is 2.05. The van der Waals surface area contributed by atoms with Gasteiger partial charge in [-0.3, -0.25) is 0 Å². The summed E-state index contributed by atoms with van der Waals surface area (Å²) in [6, 6.07) is 8.08. The summed E-state index contributed by atoms with van der Waals surface area (Å²) in [5.74, 6) is 2.29. The van der Waals surface area contributed by atoms with Crippen molar-refractivity contribution in [3.63, 3.8) is 0 Å². The van der Waals surface area contributed by atoms with Crippen molar-refractivity contribution in [3.8, 4) is 5.75 Å². The molecule has 1 aromatic heterocycles. The molecule has 0 amide bonds. The van der Waals surface area contributed by atoms with Crippen LogP contribution in [0.5, 0.6) is 5.75 Å². The van der Waals surface area contributed by atoms with E-state index in [0.717, 1.165) is 43.9 Å². The van der Waals surface area contributed by atoms with E-state index in [-0.39, 0.29) is 0 Å². The molecule has 1 N–H and O–H groups in total. The molecule has 0 aliphatic rings. The van der Waals surface area contributed by atoms with Gasteiger partial charge >= 0.3 is 0 Å². The number of unbranched alkanes of at least 4 members (excludes halogenated alkanes) is 1. The van der Waals surface area contributed by atoms with Gasteiger partial charge in [-0.05, 0) is 30.5 Å².